The van der Waals surface area contributed by atoms with Gasteiger partial charge in [0.2, 0.25) is 0 Å². The molecule has 0 saturated carbocycles. The first-order valence-corrected chi connectivity index (χ1v) is 11.2. The molecule has 0 radical (unpaired) electrons. The molecule has 0 atom stereocenters. The average Bonchev–Trinajstić information content (AvgIpc) is 2.94. The number of benzene rings is 2. The smallest absolute Gasteiger partial charge is 0.266 e. The van der Waals surface area contributed by atoms with Crippen LogP contribution in [0.2, 0.25) is 0 Å². The van der Waals surface area contributed by atoms with Crippen molar-refractivity contribution < 1.29 is 14.3 Å². The lowest BCUT2D eigenvalue weighted by molar-refractivity contribution is -0.121. The molecule has 0 unspecified atom stereocenters. The molecule has 0 aromatic heterocycles. The number of ether oxygens (including phenoxy) is 2. The Bertz CT molecular complexity index is 915. The Morgan fingerprint density at radius 2 is 1.93 bits per heavy atom. The van der Waals surface area contributed by atoms with E-state index in [0.717, 1.165) is 14.7 Å². The summed E-state index contributed by atoms with van der Waals surface area (Å²) in [5, 5.41) is 0. The second-order valence-electron chi connectivity index (χ2n) is 5.96. The van der Waals surface area contributed by atoms with Crippen molar-refractivity contribution in [2.45, 2.75) is 20.5 Å². The Hall–Kier alpha value is -1.58. The monoisotopic (exact) mass is 525 g/mol. The van der Waals surface area contributed by atoms with Crippen LogP contribution in [0.1, 0.15) is 25.0 Å². The van der Waals surface area contributed by atoms with Crippen molar-refractivity contribution in [2.75, 3.05) is 13.2 Å². The minimum atomic E-state index is -0.0464. The topological polar surface area (TPSA) is 38.8 Å². The first-order chi connectivity index (χ1) is 13.5. The molecule has 1 fully saturated rings. The number of nitrogens with zero attached hydrogens (tertiary/aromatic N) is 1. The van der Waals surface area contributed by atoms with Gasteiger partial charge in [-0.1, -0.05) is 54.3 Å². The zero-order chi connectivity index (χ0) is 20.1. The fourth-order valence-electron chi connectivity index (χ4n) is 2.73. The van der Waals surface area contributed by atoms with E-state index in [1.807, 2.05) is 62.4 Å². The molecule has 0 bridgehead atoms. The summed E-state index contributed by atoms with van der Waals surface area (Å²) in [6, 6.07) is 13.9. The van der Waals surface area contributed by atoms with Crippen molar-refractivity contribution in [3.05, 3.63) is 62.1 Å². The van der Waals surface area contributed by atoms with Gasteiger partial charge in [-0.3, -0.25) is 9.69 Å². The molecule has 4 nitrogen and oxygen atoms in total. The maximum Gasteiger partial charge on any atom is 0.266 e. The van der Waals surface area contributed by atoms with E-state index >= 15 is 0 Å². The lowest BCUT2D eigenvalue weighted by atomic mass is 10.1. The van der Waals surface area contributed by atoms with E-state index in [1.54, 1.807) is 4.90 Å². The van der Waals surface area contributed by atoms with Crippen molar-refractivity contribution in [3.8, 4) is 11.5 Å². The molecule has 1 amide bonds. The number of thiocarbonyl (C=S) groups is 1. The zero-order valence-corrected chi connectivity index (χ0v) is 19.4. The van der Waals surface area contributed by atoms with E-state index in [0.29, 0.717) is 40.5 Å². The Morgan fingerprint density at radius 1 is 1.18 bits per heavy atom. The first-order valence-electron chi connectivity index (χ1n) is 8.92. The number of amides is 1. The van der Waals surface area contributed by atoms with Gasteiger partial charge >= 0.3 is 0 Å². The van der Waals surface area contributed by atoms with Crippen LogP contribution in [0.4, 0.5) is 0 Å². The van der Waals surface area contributed by atoms with Crippen LogP contribution in [0.5, 0.6) is 11.5 Å². The zero-order valence-electron chi connectivity index (χ0n) is 15.6. The summed E-state index contributed by atoms with van der Waals surface area (Å²) in [6.07, 6.45) is 1.86. The van der Waals surface area contributed by atoms with Crippen LogP contribution in [0.25, 0.3) is 6.08 Å². The molecule has 2 aromatic carbocycles. The molecule has 1 saturated heterocycles. The van der Waals surface area contributed by atoms with Crippen molar-refractivity contribution in [1.82, 2.24) is 4.90 Å². The third-order valence-electron chi connectivity index (χ3n) is 4.05. The van der Waals surface area contributed by atoms with E-state index in [9.17, 15) is 4.79 Å². The van der Waals surface area contributed by atoms with Gasteiger partial charge in [-0.25, -0.2) is 0 Å². The fraction of sp³-hybridized carbons (Fsp3) is 0.238. The third-order valence-corrected chi connectivity index (χ3v) is 6.22. The number of thioether (sulfide) groups is 1. The second-order valence-corrected chi connectivity index (χ2v) is 8.80. The normalized spacial score (nSPS) is 15.4. The highest BCUT2D eigenvalue weighted by atomic mass is 127. The lowest BCUT2D eigenvalue weighted by Gasteiger charge is -2.15. The first kappa shape index (κ1) is 21.1. The summed E-state index contributed by atoms with van der Waals surface area (Å²) < 4.78 is 13.4. The van der Waals surface area contributed by atoms with Crippen LogP contribution in [0.15, 0.2) is 47.4 Å². The van der Waals surface area contributed by atoms with Gasteiger partial charge in [-0.05, 0) is 65.8 Å². The van der Waals surface area contributed by atoms with Crippen molar-refractivity contribution in [1.29, 1.82) is 0 Å². The highest BCUT2D eigenvalue weighted by molar-refractivity contribution is 14.1. The van der Waals surface area contributed by atoms with E-state index in [-0.39, 0.29) is 5.91 Å². The van der Waals surface area contributed by atoms with Crippen LogP contribution in [0.3, 0.4) is 0 Å². The predicted octanol–water partition coefficient (Wildman–Crippen LogP) is 5.49. The van der Waals surface area contributed by atoms with E-state index in [4.69, 9.17) is 21.7 Å². The summed E-state index contributed by atoms with van der Waals surface area (Å²) >= 11 is 8.86. The summed E-state index contributed by atoms with van der Waals surface area (Å²) in [5.41, 5.74) is 1.98. The number of rotatable bonds is 7. The summed E-state index contributed by atoms with van der Waals surface area (Å²) in [6.45, 7) is 5.43. The maximum absolute atomic E-state index is 12.5. The molecule has 1 heterocycles. The predicted molar refractivity (Wildman–Crippen MR) is 127 cm³/mol. The van der Waals surface area contributed by atoms with Gasteiger partial charge in [0.15, 0.2) is 11.5 Å². The Kier molecular flexibility index (Phi) is 7.36. The number of hydrogen-bond donors (Lipinski definition) is 0. The van der Waals surface area contributed by atoms with Crippen LogP contribution in [-0.4, -0.2) is 28.3 Å². The van der Waals surface area contributed by atoms with Crippen molar-refractivity contribution in [3.63, 3.8) is 0 Å². The number of carbonyl (C=O) groups excluding carboxylic acids is 1. The van der Waals surface area contributed by atoms with Crippen LogP contribution in [0, 0.1) is 3.57 Å². The molecule has 3 rings (SSSR count). The number of carbonyl (C=O) groups is 1. The van der Waals surface area contributed by atoms with Crippen molar-refractivity contribution >= 4 is 62.9 Å². The highest BCUT2D eigenvalue weighted by Gasteiger charge is 2.30. The molecule has 0 aliphatic carbocycles. The standard InChI is InChI=1S/C21H20INO3S2/c1-3-23-20(24)18(28-21(23)27)12-15-10-16(22)19(17(11-15)25-4-2)26-13-14-8-6-5-7-9-14/h5-12H,3-4,13H2,1-2H3/b18-12-. The van der Waals surface area contributed by atoms with Crippen LogP contribution >= 0.6 is 46.6 Å². The van der Waals surface area contributed by atoms with E-state index in [1.165, 1.54) is 11.8 Å². The molecule has 0 spiro atoms. The van der Waals surface area contributed by atoms with Gasteiger partial charge in [-0.2, -0.15) is 0 Å². The molecular formula is C21H20INO3S2. The largest absolute Gasteiger partial charge is 0.490 e. The minimum absolute atomic E-state index is 0.0464. The SMILES string of the molecule is CCOc1cc(/C=C2\SC(=S)N(CC)C2=O)cc(I)c1OCc1ccccc1. The van der Waals surface area contributed by atoms with Gasteiger partial charge in [0.05, 0.1) is 15.1 Å². The number of halogens is 1. The van der Waals surface area contributed by atoms with Crippen LogP contribution < -0.4 is 9.47 Å². The van der Waals surface area contributed by atoms with E-state index in [2.05, 4.69) is 22.6 Å². The average molecular weight is 525 g/mol. The Labute approximate surface area is 188 Å². The molecule has 1 aliphatic heterocycles. The molecule has 1 aliphatic rings. The summed E-state index contributed by atoms with van der Waals surface area (Å²) in [5.74, 6) is 1.34. The molecule has 7 heteroatoms. The molecule has 2 aromatic rings. The molecule has 146 valence electrons. The molecule has 0 N–H and O–H groups in total. The van der Waals surface area contributed by atoms with Gasteiger partial charge in [0.1, 0.15) is 10.9 Å². The van der Waals surface area contributed by atoms with Crippen molar-refractivity contribution in [2.24, 2.45) is 0 Å². The fourth-order valence-corrected chi connectivity index (χ4v) is 4.89. The van der Waals surface area contributed by atoms with Gasteiger partial charge < -0.3 is 9.47 Å². The summed E-state index contributed by atoms with van der Waals surface area (Å²) in [4.78, 5) is 14.7. The number of hydrogen-bond acceptors (Lipinski definition) is 5. The Morgan fingerprint density at radius 3 is 2.57 bits per heavy atom. The Balaban J connectivity index is 1.87. The molecule has 28 heavy (non-hydrogen) atoms. The lowest BCUT2D eigenvalue weighted by Crippen LogP contribution is -2.27. The summed E-state index contributed by atoms with van der Waals surface area (Å²) in [7, 11) is 0. The van der Waals surface area contributed by atoms with Gasteiger partial charge in [0.25, 0.3) is 5.91 Å². The van der Waals surface area contributed by atoms with Crippen LogP contribution in [-0.2, 0) is 11.4 Å². The third kappa shape index (κ3) is 4.87. The van der Waals surface area contributed by atoms with E-state index < -0.39 is 0 Å². The van der Waals surface area contributed by atoms with Gasteiger partial charge in [0, 0.05) is 6.54 Å². The number of likely N-dealkylation sites (N-methyl/N-ethyl adjacent to an activating group) is 1. The molecular weight excluding hydrogens is 505 g/mol. The maximum atomic E-state index is 12.5. The van der Waals surface area contributed by atoms with Gasteiger partial charge in [-0.15, -0.1) is 0 Å². The second kappa shape index (κ2) is 9.76. The quantitative estimate of drug-likeness (QED) is 0.272. The highest BCUT2D eigenvalue weighted by Crippen LogP contribution is 2.37. The minimum Gasteiger partial charge on any atom is -0.490 e.